The highest BCUT2D eigenvalue weighted by Gasteiger charge is 2.12. The van der Waals surface area contributed by atoms with Gasteiger partial charge in [-0.05, 0) is 24.3 Å². The first-order chi connectivity index (χ1) is 8.16. The first-order valence-corrected chi connectivity index (χ1v) is 5.15. The van der Waals surface area contributed by atoms with E-state index in [9.17, 15) is 10.1 Å². The van der Waals surface area contributed by atoms with Gasteiger partial charge in [0.25, 0.3) is 5.69 Å². The van der Waals surface area contributed by atoms with E-state index in [1.807, 2.05) is 0 Å². The molecule has 1 N–H and O–H groups in total. The molecule has 2 aromatic rings. The molecule has 0 radical (unpaired) electrons. The highest BCUT2D eigenvalue weighted by atomic mass is 35.5. The molecule has 0 fully saturated rings. The van der Waals surface area contributed by atoms with E-state index in [0.717, 1.165) is 5.69 Å². The van der Waals surface area contributed by atoms with E-state index in [4.69, 9.17) is 11.6 Å². The zero-order chi connectivity index (χ0) is 12.3. The van der Waals surface area contributed by atoms with Gasteiger partial charge in [-0.15, -0.1) is 0 Å². The van der Waals surface area contributed by atoms with E-state index in [2.05, 4.69) is 10.3 Å². The molecule has 1 heterocycles. The molecule has 0 bridgehead atoms. The second-order valence-electron chi connectivity index (χ2n) is 3.28. The van der Waals surface area contributed by atoms with Gasteiger partial charge in [-0.2, -0.15) is 0 Å². The van der Waals surface area contributed by atoms with Crippen LogP contribution < -0.4 is 5.32 Å². The second-order valence-corrected chi connectivity index (χ2v) is 3.69. The molecule has 2 rings (SSSR count). The second kappa shape index (κ2) is 4.80. The van der Waals surface area contributed by atoms with Crippen LogP contribution >= 0.6 is 11.6 Å². The standard InChI is InChI=1S/C11H8ClN3O2/c12-10-2-1-9(7-11(10)15(16)17)14-8-3-5-13-6-4-8/h1-7H,(H,13,14). The molecule has 17 heavy (non-hydrogen) atoms. The molecule has 0 aliphatic carbocycles. The molecular formula is C11H8ClN3O2. The number of hydrogen-bond acceptors (Lipinski definition) is 4. The minimum absolute atomic E-state index is 0.120. The number of hydrogen-bond donors (Lipinski definition) is 1. The normalized spacial score (nSPS) is 9.94. The Balaban J connectivity index is 2.29. The Morgan fingerprint density at radius 1 is 1.18 bits per heavy atom. The number of nitro benzene ring substituents is 1. The molecule has 0 aliphatic heterocycles. The van der Waals surface area contributed by atoms with Crippen molar-refractivity contribution in [2.45, 2.75) is 0 Å². The Morgan fingerprint density at radius 2 is 1.88 bits per heavy atom. The summed E-state index contributed by atoms with van der Waals surface area (Å²) < 4.78 is 0. The summed E-state index contributed by atoms with van der Waals surface area (Å²) in [5.74, 6) is 0. The summed E-state index contributed by atoms with van der Waals surface area (Å²) >= 11 is 5.71. The van der Waals surface area contributed by atoms with Gasteiger partial charge < -0.3 is 5.32 Å². The number of rotatable bonds is 3. The van der Waals surface area contributed by atoms with Crippen molar-refractivity contribution < 1.29 is 4.92 Å². The van der Waals surface area contributed by atoms with Gasteiger partial charge in [0, 0.05) is 29.8 Å². The van der Waals surface area contributed by atoms with E-state index in [1.54, 1.807) is 30.6 Å². The van der Waals surface area contributed by atoms with Gasteiger partial charge in [0.1, 0.15) is 5.02 Å². The van der Waals surface area contributed by atoms with Crippen molar-refractivity contribution in [3.8, 4) is 0 Å². The van der Waals surface area contributed by atoms with E-state index in [0.29, 0.717) is 5.69 Å². The van der Waals surface area contributed by atoms with E-state index >= 15 is 0 Å². The lowest BCUT2D eigenvalue weighted by Gasteiger charge is -2.05. The lowest BCUT2D eigenvalue weighted by atomic mass is 10.2. The van der Waals surface area contributed by atoms with Crippen LogP contribution in [0, 0.1) is 10.1 Å². The third-order valence-corrected chi connectivity index (χ3v) is 2.43. The Labute approximate surface area is 102 Å². The van der Waals surface area contributed by atoms with Crippen molar-refractivity contribution in [2.75, 3.05) is 5.32 Å². The molecule has 0 aliphatic rings. The number of aromatic nitrogens is 1. The van der Waals surface area contributed by atoms with Crippen LogP contribution in [0.3, 0.4) is 0 Å². The van der Waals surface area contributed by atoms with Gasteiger partial charge >= 0.3 is 0 Å². The fraction of sp³-hybridized carbons (Fsp3) is 0. The Kier molecular flexibility index (Phi) is 3.20. The van der Waals surface area contributed by atoms with Crippen molar-refractivity contribution in [3.63, 3.8) is 0 Å². The fourth-order valence-corrected chi connectivity index (χ4v) is 1.52. The molecule has 0 atom stereocenters. The molecule has 0 saturated heterocycles. The molecule has 86 valence electrons. The zero-order valence-corrected chi connectivity index (χ0v) is 9.39. The number of anilines is 2. The van der Waals surface area contributed by atoms with Crippen LogP contribution in [0.2, 0.25) is 5.02 Å². The average molecular weight is 250 g/mol. The first kappa shape index (κ1) is 11.3. The predicted octanol–water partition coefficient (Wildman–Crippen LogP) is 3.39. The number of halogens is 1. The summed E-state index contributed by atoms with van der Waals surface area (Å²) in [6.45, 7) is 0. The lowest BCUT2D eigenvalue weighted by molar-refractivity contribution is -0.384. The third kappa shape index (κ3) is 2.70. The molecule has 1 aromatic heterocycles. The Morgan fingerprint density at radius 3 is 2.53 bits per heavy atom. The van der Waals surface area contributed by atoms with Gasteiger partial charge in [-0.25, -0.2) is 0 Å². The van der Waals surface area contributed by atoms with Gasteiger partial charge in [-0.1, -0.05) is 11.6 Å². The average Bonchev–Trinajstić information content (AvgIpc) is 2.32. The maximum Gasteiger partial charge on any atom is 0.289 e. The van der Waals surface area contributed by atoms with Gasteiger partial charge in [-0.3, -0.25) is 15.1 Å². The van der Waals surface area contributed by atoms with Crippen molar-refractivity contribution >= 4 is 28.7 Å². The van der Waals surface area contributed by atoms with Gasteiger partial charge in [0.05, 0.1) is 4.92 Å². The summed E-state index contributed by atoms with van der Waals surface area (Å²) in [4.78, 5) is 14.1. The summed E-state index contributed by atoms with van der Waals surface area (Å²) in [6, 6.07) is 8.09. The van der Waals surface area contributed by atoms with Crippen LogP contribution in [-0.2, 0) is 0 Å². The molecule has 1 aromatic carbocycles. The summed E-state index contributed by atoms with van der Waals surface area (Å²) in [5.41, 5.74) is 1.29. The molecule has 0 unspecified atom stereocenters. The predicted molar refractivity (Wildman–Crippen MR) is 65.6 cm³/mol. The van der Waals surface area contributed by atoms with Crippen LogP contribution in [0.1, 0.15) is 0 Å². The minimum atomic E-state index is -0.514. The van der Waals surface area contributed by atoms with Crippen molar-refractivity contribution in [2.24, 2.45) is 0 Å². The van der Waals surface area contributed by atoms with Crippen LogP contribution in [0.4, 0.5) is 17.1 Å². The molecule has 0 amide bonds. The minimum Gasteiger partial charge on any atom is -0.355 e. The summed E-state index contributed by atoms with van der Waals surface area (Å²) in [5, 5.41) is 13.9. The summed E-state index contributed by atoms with van der Waals surface area (Å²) in [6.07, 6.45) is 3.26. The van der Waals surface area contributed by atoms with E-state index in [1.165, 1.54) is 12.1 Å². The lowest BCUT2D eigenvalue weighted by Crippen LogP contribution is -1.93. The number of nitrogens with one attached hydrogen (secondary N) is 1. The molecule has 0 saturated carbocycles. The molecular weight excluding hydrogens is 242 g/mol. The largest absolute Gasteiger partial charge is 0.355 e. The van der Waals surface area contributed by atoms with Crippen molar-refractivity contribution in [1.29, 1.82) is 0 Å². The fourth-order valence-electron chi connectivity index (χ4n) is 1.33. The topological polar surface area (TPSA) is 68.1 Å². The molecule has 6 heteroatoms. The SMILES string of the molecule is O=[N+]([O-])c1cc(Nc2ccncc2)ccc1Cl. The smallest absolute Gasteiger partial charge is 0.289 e. The third-order valence-electron chi connectivity index (χ3n) is 2.11. The molecule has 5 nitrogen and oxygen atoms in total. The van der Waals surface area contributed by atoms with Crippen LogP contribution in [-0.4, -0.2) is 9.91 Å². The van der Waals surface area contributed by atoms with Crippen LogP contribution in [0.15, 0.2) is 42.7 Å². The van der Waals surface area contributed by atoms with Crippen molar-refractivity contribution in [3.05, 3.63) is 57.9 Å². The van der Waals surface area contributed by atoms with Crippen LogP contribution in [0.25, 0.3) is 0 Å². The van der Waals surface area contributed by atoms with Crippen LogP contribution in [0.5, 0.6) is 0 Å². The first-order valence-electron chi connectivity index (χ1n) is 4.78. The highest BCUT2D eigenvalue weighted by Crippen LogP contribution is 2.28. The summed E-state index contributed by atoms with van der Waals surface area (Å²) in [7, 11) is 0. The number of pyridine rings is 1. The monoisotopic (exact) mass is 249 g/mol. The number of nitro groups is 1. The van der Waals surface area contributed by atoms with Gasteiger partial charge in [0.15, 0.2) is 0 Å². The quantitative estimate of drug-likeness (QED) is 0.669. The van der Waals surface area contributed by atoms with Crippen molar-refractivity contribution in [1.82, 2.24) is 4.98 Å². The van der Waals surface area contributed by atoms with E-state index in [-0.39, 0.29) is 10.7 Å². The van der Waals surface area contributed by atoms with E-state index < -0.39 is 4.92 Å². The molecule has 0 spiro atoms. The maximum absolute atomic E-state index is 10.7. The maximum atomic E-state index is 10.7. The zero-order valence-electron chi connectivity index (χ0n) is 8.63. The highest BCUT2D eigenvalue weighted by molar-refractivity contribution is 6.32. The van der Waals surface area contributed by atoms with Gasteiger partial charge in [0.2, 0.25) is 0 Å². The Bertz CT molecular complexity index is 546. The number of benzene rings is 1. The number of nitrogens with zero attached hydrogens (tertiary/aromatic N) is 2. The Hall–Kier alpha value is -2.14.